The highest BCUT2D eigenvalue weighted by Gasteiger charge is 2.70. The molecule has 0 aromatic heterocycles. The van der Waals surface area contributed by atoms with Crippen LogP contribution in [0.25, 0.3) is 0 Å². The summed E-state index contributed by atoms with van der Waals surface area (Å²) in [6.07, 6.45) is -29.5. The molecule has 26 heteroatoms. The fourth-order valence-corrected chi connectivity index (χ4v) is 17.6. The average Bonchev–Trinajstić information content (AvgIpc) is 0.699. The quantitative estimate of drug-likeness (QED) is 0.0513. The van der Waals surface area contributed by atoms with Gasteiger partial charge in [0.2, 0.25) is 6.29 Å². The summed E-state index contributed by atoms with van der Waals surface area (Å²) in [5, 5.41) is 161. The number of aliphatic hydroxyl groups excluding tert-OH is 15. The Bertz CT molecular complexity index is 2360. The maximum atomic E-state index is 15.2. The molecule has 26 nitrogen and oxygen atoms in total. The van der Waals surface area contributed by atoms with E-state index in [0.29, 0.717) is 38.5 Å². The molecule has 0 amide bonds. The zero-order chi connectivity index (χ0) is 62.0. The second kappa shape index (κ2) is 24.4. The minimum atomic E-state index is -1.89. The van der Waals surface area contributed by atoms with E-state index in [-0.39, 0.29) is 46.0 Å². The number of ether oxygens (including phenoxy) is 10. The van der Waals surface area contributed by atoms with Crippen molar-refractivity contribution in [2.75, 3.05) is 26.4 Å². The van der Waals surface area contributed by atoms with Crippen LogP contribution in [0.2, 0.25) is 0 Å². The van der Waals surface area contributed by atoms with Gasteiger partial charge in [0.05, 0.1) is 44.1 Å². The molecule has 0 bridgehead atoms. The Morgan fingerprint density at radius 2 is 1.13 bits per heavy atom. The highest BCUT2D eigenvalue weighted by Crippen LogP contribution is 2.76. The fourth-order valence-electron chi connectivity index (χ4n) is 17.6. The molecule has 85 heavy (non-hydrogen) atoms. The summed E-state index contributed by atoms with van der Waals surface area (Å²) in [4.78, 5) is 15.2. The fraction of sp³-hybridized carbons (Fsp3) is 0.949. The average molecular weight is 1220 g/mol. The second-order valence-electron chi connectivity index (χ2n) is 28.7. The molecule has 5 aliphatic heterocycles. The van der Waals surface area contributed by atoms with E-state index in [1.165, 1.54) is 12.5 Å². The number of rotatable bonds is 13. The molecule has 5 saturated heterocycles. The standard InChI is InChI=1S/C59H96O26/c1-24-34(63)38(67)42(71)49(78-24)83-46-29(21-61)80-48(45(74)41(46)70)77-23-30-37(66)40(69)44(73)51(81-30)85-53(75)59-17-15-54(2,3)19-26(59)25-9-10-32-56(6)13-12-33(55(4,5)31(56)11-14-58(32,8)57(25,7)16-18-59)82-52-47(35(64)27(62)22-76-52)84-50-43(72)39(68)36(65)28(20-60)79-50/h9,24,26-52,60-74H,10-23H2,1-8H3/t24-,26-,27+,28+,29+,30+,31-,32+,33-,34-,35-,36+,37+,38+,39-,40-,41+,42+,43+,44+,45+,46+,47-,48+,49-,50-,51-,52-,56-,57+,58+,59-/m0/s1. The van der Waals surface area contributed by atoms with Crippen LogP contribution in [0.15, 0.2) is 11.6 Å². The Kier molecular flexibility index (Phi) is 19.0. The maximum absolute atomic E-state index is 15.2. The third-order valence-electron chi connectivity index (χ3n) is 23.1. The molecule has 0 aromatic rings. The van der Waals surface area contributed by atoms with Crippen molar-refractivity contribution in [2.45, 2.75) is 273 Å². The van der Waals surface area contributed by atoms with E-state index in [9.17, 15) is 76.6 Å². The van der Waals surface area contributed by atoms with Crippen LogP contribution in [0.5, 0.6) is 0 Å². The number of allylic oxidation sites excluding steroid dienone is 2. The molecule has 9 fully saturated rings. The Labute approximate surface area is 494 Å². The third kappa shape index (κ3) is 11.2. The molecule has 488 valence electrons. The van der Waals surface area contributed by atoms with Crippen molar-refractivity contribution in [1.29, 1.82) is 0 Å². The topological polar surface area (TPSA) is 413 Å². The van der Waals surface area contributed by atoms with Gasteiger partial charge in [0.15, 0.2) is 25.2 Å². The van der Waals surface area contributed by atoms with Crippen molar-refractivity contribution >= 4 is 5.97 Å². The first kappa shape index (κ1) is 66.2. The van der Waals surface area contributed by atoms with Gasteiger partial charge in [0, 0.05) is 0 Å². The SMILES string of the molecule is C[C@@H]1O[C@@H](O[C@H]2[C@H](O)[C@@H](O)[C@H](OC[C@H]3O[C@@H](OC(=O)[C@]45CCC(C)(C)C[C@H]4C4=CC[C@@H]6[C@@]7(C)CC[C@H](O[C@@H]8OC[C@@H](O)[C@H](O)[C@@H]8O[C@@H]8O[C@H](CO)[C@@H](O)[C@H](O)[C@H]8O)C(C)(C)[C@@H]7CC[C@@]6(C)[C@]4(C)CC5)[C@H](O)[C@@H](O)[C@@H]3O)O[C@@H]2CO)[C@H](O)[C@H](O)[C@H]1O. The lowest BCUT2D eigenvalue weighted by molar-refractivity contribution is -0.367. The molecular formula is C59H96O26. The highest BCUT2D eigenvalue weighted by atomic mass is 16.8. The van der Waals surface area contributed by atoms with Crippen molar-refractivity contribution in [3.05, 3.63) is 11.6 Å². The van der Waals surface area contributed by atoms with Crippen molar-refractivity contribution in [1.82, 2.24) is 0 Å². The van der Waals surface area contributed by atoms with Gasteiger partial charge in [-0.1, -0.05) is 60.1 Å². The molecule has 10 aliphatic rings. The molecular weight excluding hydrogens is 1120 g/mol. The van der Waals surface area contributed by atoms with E-state index in [2.05, 4.69) is 54.5 Å². The number of fused-ring (bicyclic) bond motifs is 7. The van der Waals surface area contributed by atoms with Gasteiger partial charge in [-0.15, -0.1) is 0 Å². The number of hydrogen-bond donors (Lipinski definition) is 15. The second-order valence-corrected chi connectivity index (χ2v) is 28.7. The van der Waals surface area contributed by atoms with Gasteiger partial charge in [-0.25, -0.2) is 0 Å². The first-order chi connectivity index (χ1) is 39.8. The van der Waals surface area contributed by atoms with Gasteiger partial charge >= 0.3 is 5.97 Å². The summed E-state index contributed by atoms with van der Waals surface area (Å²) in [5.41, 5.74) is -1.25. The predicted molar refractivity (Wildman–Crippen MR) is 288 cm³/mol. The van der Waals surface area contributed by atoms with Crippen molar-refractivity contribution in [3.8, 4) is 0 Å². The van der Waals surface area contributed by atoms with Gasteiger partial charge in [-0.3, -0.25) is 4.79 Å². The molecule has 15 N–H and O–H groups in total. The molecule has 4 saturated carbocycles. The molecule has 10 rings (SSSR count). The summed E-state index contributed by atoms with van der Waals surface area (Å²) >= 11 is 0. The molecule has 0 spiro atoms. The van der Waals surface area contributed by atoms with Crippen molar-refractivity contribution < 1.29 is 129 Å². The first-order valence-electron chi connectivity index (χ1n) is 30.6. The summed E-state index contributed by atoms with van der Waals surface area (Å²) in [5.74, 6) is -0.520. The van der Waals surface area contributed by atoms with Crippen LogP contribution in [0.3, 0.4) is 0 Å². The van der Waals surface area contributed by atoms with E-state index >= 15 is 4.79 Å². The van der Waals surface area contributed by atoms with Crippen LogP contribution in [0, 0.1) is 50.2 Å². The Morgan fingerprint density at radius 3 is 1.80 bits per heavy atom. The zero-order valence-corrected chi connectivity index (χ0v) is 49.8. The van der Waals surface area contributed by atoms with E-state index < -0.39 is 190 Å². The van der Waals surface area contributed by atoms with Gasteiger partial charge < -0.3 is 124 Å². The predicted octanol–water partition coefficient (Wildman–Crippen LogP) is -2.54. The molecule has 0 radical (unpaired) electrons. The van der Waals surface area contributed by atoms with Gasteiger partial charge in [0.1, 0.15) is 110 Å². The van der Waals surface area contributed by atoms with E-state index in [1.807, 2.05) is 0 Å². The van der Waals surface area contributed by atoms with Crippen LogP contribution < -0.4 is 0 Å². The van der Waals surface area contributed by atoms with Crippen molar-refractivity contribution in [2.24, 2.45) is 50.2 Å². The Balaban J connectivity index is 0.824. The van der Waals surface area contributed by atoms with Gasteiger partial charge in [0.25, 0.3) is 0 Å². The minimum absolute atomic E-state index is 0.141. The summed E-state index contributed by atoms with van der Waals surface area (Å²) < 4.78 is 59.4. The molecule has 0 aromatic carbocycles. The lowest BCUT2D eigenvalue weighted by atomic mass is 9.33. The maximum Gasteiger partial charge on any atom is 0.315 e. The number of carbonyl (C=O) groups is 1. The van der Waals surface area contributed by atoms with Crippen molar-refractivity contribution in [3.63, 3.8) is 0 Å². The Hall–Kier alpha value is -1.75. The highest BCUT2D eigenvalue weighted by molar-refractivity contribution is 5.79. The van der Waals surface area contributed by atoms with Gasteiger partial charge in [-0.05, 0) is 116 Å². The van der Waals surface area contributed by atoms with Crippen LogP contribution in [-0.2, 0) is 52.2 Å². The Morgan fingerprint density at radius 1 is 0.553 bits per heavy atom. The smallest absolute Gasteiger partial charge is 0.315 e. The molecule has 5 aliphatic carbocycles. The van der Waals surface area contributed by atoms with E-state index in [4.69, 9.17) is 47.4 Å². The lowest BCUT2D eigenvalue weighted by Crippen LogP contribution is -2.66. The number of esters is 1. The molecule has 5 heterocycles. The van der Waals surface area contributed by atoms with Crippen LogP contribution in [0.4, 0.5) is 0 Å². The summed E-state index contributed by atoms with van der Waals surface area (Å²) in [6.45, 7) is 15.0. The summed E-state index contributed by atoms with van der Waals surface area (Å²) in [7, 11) is 0. The number of carbonyl (C=O) groups excluding carboxylic acids is 1. The first-order valence-corrected chi connectivity index (χ1v) is 30.6. The zero-order valence-electron chi connectivity index (χ0n) is 49.8. The van der Waals surface area contributed by atoms with Gasteiger partial charge in [-0.2, -0.15) is 0 Å². The monoisotopic (exact) mass is 1220 g/mol. The molecule has 0 unspecified atom stereocenters. The molecule has 32 atom stereocenters. The normalized spacial score (nSPS) is 54.1. The number of hydrogen-bond acceptors (Lipinski definition) is 26. The van der Waals surface area contributed by atoms with Crippen LogP contribution >= 0.6 is 0 Å². The minimum Gasteiger partial charge on any atom is -0.432 e. The lowest BCUT2D eigenvalue weighted by Gasteiger charge is -2.71. The van der Waals surface area contributed by atoms with E-state index in [1.54, 1.807) is 0 Å². The largest absolute Gasteiger partial charge is 0.432 e. The van der Waals surface area contributed by atoms with Crippen LogP contribution in [0.1, 0.15) is 120 Å². The van der Waals surface area contributed by atoms with Crippen LogP contribution in [-0.4, -0.2) is 263 Å². The summed E-state index contributed by atoms with van der Waals surface area (Å²) in [6, 6.07) is 0. The van der Waals surface area contributed by atoms with E-state index in [0.717, 1.165) is 25.7 Å². The number of aliphatic hydroxyl groups is 15. The third-order valence-corrected chi connectivity index (χ3v) is 23.1.